The van der Waals surface area contributed by atoms with Crippen LogP contribution in [0.4, 0.5) is 0 Å². The van der Waals surface area contributed by atoms with Crippen molar-refractivity contribution < 1.29 is 27.2 Å². The third-order valence-corrected chi connectivity index (χ3v) is 4.84. The number of benzene rings is 1. The lowest BCUT2D eigenvalue weighted by Crippen LogP contribution is -2.37. The number of nitrogens with zero attached hydrogens (tertiary/aromatic N) is 1. The van der Waals surface area contributed by atoms with E-state index in [1.165, 1.54) is 7.05 Å². The Morgan fingerprint density at radius 2 is 2.13 bits per heavy atom. The lowest BCUT2D eigenvalue weighted by atomic mass is 9.84. The van der Waals surface area contributed by atoms with Crippen LogP contribution in [0.25, 0.3) is 0 Å². The highest BCUT2D eigenvalue weighted by molar-refractivity contribution is 7.83. The SMILES string of the molecule is CN(Cc1ccc2c(c1)C(C)(C)C(OC(=O)CCl)O2)S(=O)(=O)O. The maximum atomic E-state index is 11.4. The van der Waals surface area contributed by atoms with Crippen LogP contribution in [0.2, 0.25) is 0 Å². The first kappa shape index (κ1) is 18.0. The summed E-state index contributed by atoms with van der Waals surface area (Å²) in [6, 6.07) is 5.13. The molecule has 0 saturated heterocycles. The monoisotopic (exact) mass is 363 g/mol. The Morgan fingerprint density at radius 3 is 2.70 bits per heavy atom. The van der Waals surface area contributed by atoms with Gasteiger partial charge in [0.15, 0.2) is 0 Å². The molecule has 2 rings (SSSR count). The van der Waals surface area contributed by atoms with Crippen LogP contribution in [0.5, 0.6) is 5.75 Å². The summed E-state index contributed by atoms with van der Waals surface area (Å²) in [5.74, 6) is -0.291. The number of fused-ring (bicyclic) bond motifs is 1. The molecule has 0 amide bonds. The van der Waals surface area contributed by atoms with E-state index in [1.807, 2.05) is 13.8 Å². The average molecular weight is 364 g/mol. The topological polar surface area (TPSA) is 93.1 Å². The summed E-state index contributed by atoms with van der Waals surface area (Å²) in [7, 11) is -2.98. The summed E-state index contributed by atoms with van der Waals surface area (Å²) >= 11 is 5.44. The molecule has 9 heteroatoms. The molecule has 1 unspecified atom stereocenters. The zero-order valence-corrected chi connectivity index (χ0v) is 14.5. The van der Waals surface area contributed by atoms with Crippen LogP contribution in [0.1, 0.15) is 25.0 Å². The highest BCUT2D eigenvalue weighted by atomic mass is 35.5. The highest BCUT2D eigenvalue weighted by Crippen LogP contribution is 2.43. The second-order valence-corrected chi connectivity index (χ2v) is 7.65. The van der Waals surface area contributed by atoms with Crippen LogP contribution in [0.15, 0.2) is 18.2 Å². The number of rotatable bonds is 5. The maximum absolute atomic E-state index is 11.4. The molecule has 1 heterocycles. The van der Waals surface area contributed by atoms with Gasteiger partial charge in [-0.15, -0.1) is 11.6 Å². The molecule has 1 aliphatic rings. The first-order valence-electron chi connectivity index (χ1n) is 6.80. The largest absolute Gasteiger partial charge is 0.454 e. The van der Waals surface area contributed by atoms with E-state index in [0.29, 0.717) is 11.3 Å². The molecule has 0 aliphatic carbocycles. The predicted molar refractivity (Wildman–Crippen MR) is 83.7 cm³/mol. The summed E-state index contributed by atoms with van der Waals surface area (Å²) in [6.45, 7) is 3.71. The molecule has 7 nitrogen and oxygen atoms in total. The van der Waals surface area contributed by atoms with Crippen molar-refractivity contribution in [3.63, 3.8) is 0 Å². The number of halogens is 1. The zero-order chi connectivity index (χ0) is 17.4. The van der Waals surface area contributed by atoms with Crippen molar-refractivity contribution >= 4 is 27.9 Å². The number of ether oxygens (including phenoxy) is 2. The van der Waals surface area contributed by atoms with Gasteiger partial charge in [0.05, 0.1) is 5.41 Å². The van der Waals surface area contributed by atoms with E-state index in [2.05, 4.69) is 0 Å². The van der Waals surface area contributed by atoms with Crippen LogP contribution < -0.4 is 4.74 Å². The molecule has 1 aromatic rings. The Labute approximate surface area is 140 Å². The quantitative estimate of drug-likeness (QED) is 0.486. The third kappa shape index (κ3) is 3.77. The molecule has 1 atom stereocenters. The fraction of sp³-hybridized carbons (Fsp3) is 0.500. The van der Waals surface area contributed by atoms with E-state index in [0.717, 1.165) is 9.87 Å². The van der Waals surface area contributed by atoms with Gasteiger partial charge in [-0.3, -0.25) is 9.35 Å². The molecule has 0 fully saturated rings. The van der Waals surface area contributed by atoms with Gasteiger partial charge in [-0.05, 0) is 31.5 Å². The Balaban J connectivity index is 2.26. The Kier molecular flexibility index (Phi) is 4.91. The molecular formula is C14H18ClNO6S. The highest BCUT2D eigenvalue weighted by Gasteiger charge is 2.44. The minimum atomic E-state index is -4.26. The van der Waals surface area contributed by atoms with Gasteiger partial charge >= 0.3 is 16.3 Å². The smallest absolute Gasteiger partial charge is 0.335 e. The van der Waals surface area contributed by atoms with Gasteiger partial charge in [0.2, 0.25) is 0 Å². The molecule has 0 saturated carbocycles. The number of esters is 1. The summed E-state index contributed by atoms with van der Waals surface area (Å²) in [5.41, 5.74) is 0.833. The van der Waals surface area contributed by atoms with Crippen LogP contribution in [0, 0.1) is 0 Å². The molecule has 0 radical (unpaired) electrons. The molecule has 128 valence electrons. The minimum absolute atomic E-state index is 0.00826. The van der Waals surface area contributed by atoms with Gasteiger partial charge in [0, 0.05) is 19.2 Å². The van der Waals surface area contributed by atoms with Gasteiger partial charge in [-0.1, -0.05) is 6.07 Å². The summed E-state index contributed by atoms with van der Waals surface area (Å²) in [4.78, 5) is 11.4. The van der Waals surface area contributed by atoms with Crippen LogP contribution in [0.3, 0.4) is 0 Å². The molecule has 0 spiro atoms. The average Bonchev–Trinajstić information content (AvgIpc) is 2.69. The number of carbonyl (C=O) groups excluding carboxylic acids is 1. The van der Waals surface area contributed by atoms with Crippen molar-refractivity contribution in [1.82, 2.24) is 4.31 Å². The van der Waals surface area contributed by atoms with E-state index >= 15 is 0 Å². The first-order valence-corrected chi connectivity index (χ1v) is 8.73. The van der Waals surface area contributed by atoms with Crippen molar-refractivity contribution in [3.05, 3.63) is 29.3 Å². The summed E-state index contributed by atoms with van der Waals surface area (Å²) in [5, 5.41) is 0. The first-order chi connectivity index (χ1) is 10.6. The second-order valence-electron chi connectivity index (χ2n) is 5.86. The second kappa shape index (κ2) is 6.27. The predicted octanol–water partition coefficient (Wildman–Crippen LogP) is 1.70. The standard InChI is InChI=1S/C14H18ClNO6S/c1-14(2)10-6-9(8-16(3)23(18,19)20)4-5-11(10)21-13(14)22-12(17)7-15/h4-6,13H,7-8H2,1-3H3,(H,18,19,20). The van der Waals surface area contributed by atoms with Crippen LogP contribution in [-0.2, 0) is 31.8 Å². The molecule has 0 bridgehead atoms. The number of hydrogen-bond donors (Lipinski definition) is 1. The lowest BCUT2D eigenvalue weighted by Gasteiger charge is -2.25. The van der Waals surface area contributed by atoms with Crippen molar-refractivity contribution in [2.24, 2.45) is 0 Å². The van der Waals surface area contributed by atoms with E-state index in [4.69, 9.17) is 25.6 Å². The molecular weight excluding hydrogens is 346 g/mol. The van der Waals surface area contributed by atoms with Crippen molar-refractivity contribution in [1.29, 1.82) is 0 Å². The lowest BCUT2D eigenvalue weighted by molar-refractivity contribution is -0.165. The Bertz CT molecular complexity index is 718. The van der Waals surface area contributed by atoms with Gasteiger partial charge in [-0.2, -0.15) is 12.7 Å². The van der Waals surface area contributed by atoms with E-state index in [-0.39, 0.29) is 12.4 Å². The van der Waals surface area contributed by atoms with Crippen molar-refractivity contribution in [2.45, 2.75) is 32.1 Å². The van der Waals surface area contributed by atoms with Crippen molar-refractivity contribution in [3.8, 4) is 5.75 Å². The molecule has 1 aromatic carbocycles. The summed E-state index contributed by atoms with van der Waals surface area (Å²) in [6.07, 6.45) is -0.807. The van der Waals surface area contributed by atoms with Crippen molar-refractivity contribution in [2.75, 3.05) is 12.9 Å². The normalized spacial score (nSPS) is 19.3. The van der Waals surface area contributed by atoms with Crippen LogP contribution >= 0.6 is 11.6 Å². The van der Waals surface area contributed by atoms with Gasteiger partial charge in [-0.25, -0.2) is 0 Å². The zero-order valence-electron chi connectivity index (χ0n) is 12.9. The van der Waals surface area contributed by atoms with E-state index in [9.17, 15) is 13.2 Å². The number of carbonyl (C=O) groups is 1. The number of alkyl halides is 1. The van der Waals surface area contributed by atoms with Crippen LogP contribution in [-0.4, -0.2) is 42.5 Å². The van der Waals surface area contributed by atoms with Gasteiger partial charge < -0.3 is 9.47 Å². The number of hydrogen-bond acceptors (Lipinski definition) is 5. The molecule has 23 heavy (non-hydrogen) atoms. The minimum Gasteiger partial charge on any atom is -0.454 e. The van der Waals surface area contributed by atoms with E-state index < -0.39 is 28.0 Å². The Hall–Kier alpha value is -1.35. The third-order valence-electron chi connectivity index (χ3n) is 3.71. The molecule has 0 aromatic heterocycles. The van der Waals surface area contributed by atoms with Gasteiger partial charge in [0.1, 0.15) is 11.6 Å². The molecule has 1 aliphatic heterocycles. The molecule has 1 N–H and O–H groups in total. The fourth-order valence-corrected chi connectivity index (χ4v) is 2.71. The Morgan fingerprint density at radius 1 is 1.48 bits per heavy atom. The maximum Gasteiger partial charge on any atom is 0.335 e. The summed E-state index contributed by atoms with van der Waals surface area (Å²) < 4.78 is 42.9. The van der Waals surface area contributed by atoms with Gasteiger partial charge in [0.25, 0.3) is 6.29 Å². The van der Waals surface area contributed by atoms with E-state index in [1.54, 1.807) is 18.2 Å². The fourth-order valence-electron chi connectivity index (χ4n) is 2.33.